The first kappa shape index (κ1) is 14.6. The highest BCUT2D eigenvalue weighted by atomic mass is 32.2. The number of benzene rings is 1. The van der Waals surface area contributed by atoms with Gasteiger partial charge in [-0.1, -0.05) is 12.1 Å². The van der Waals surface area contributed by atoms with Gasteiger partial charge in [0.25, 0.3) is 0 Å². The first-order valence-electron chi connectivity index (χ1n) is 7.46. The Hall–Kier alpha value is -1.36. The van der Waals surface area contributed by atoms with Crippen molar-refractivity contribution in [2.24, 2.45) is 0 Å². The van der Waals surface area contributed by atoms with E-state index in [0.29, 0.717) is 5.75 Å². The van der Waals surface area contributed by atoms with E-state index in [4.69, 9.17) is 0 Å². The van der Waals surface area contributed by atoms with Crippen LogP contribution in [0.4, 0.5) is 4.79 Å². The minimum absolute atomic E-state index is 0.0181. The van der Waals surface area contributed by atoms with Crippen molar-refractivity contribution < 1.29 is 9.90 Å². The number of thioether (sulfide) groups is 1. The molecule has 3 rings (SSSR count). The van der Waals surface area contributed by atoms with E-state index in [9.17, 15) is 9.90 Å². The van der Waals surface area contributed by atoms with Crippen LogP contribution in [0.2, 0.25) is 0 Å². The molecule has 4 nitrogen and oxygen atoms in total. The molecule has 1 aliphatic heterocycles. The van der Waals surface area contributed by atoms with Crippen LogP contribution in [0.25, 0.3) is 0 Å². The van der Waals surface area contributed by atoms with Gasteiger partial charge in [0.1, 0.15) is 5.75 Å². The predicted octanol–water partition coefficient (Wildman–Crippen LogP) is 2.92. The van der Waals surface area contributed by atoms with Gasteiger partial charge in [0, 0.05) is 23.6 Å². The van der Waals surface area contributed by atoms with Crippen molar-refractivity contribution in [1.82, 2.24) is 10.2 Å². The van der Waals surface area contributed by atoms with Crippen molar-refractivity contribution in [1.29, 1.82) is 0 Å². The molecule has 1 atom stereocenters. The van der Waals surface area contributed by atoms with Gasteiger partial charge in [-0.05, 0) is 43.9 Å². The summed E-state index contributed by atoms with van der Waals surface area (Å²) in [7, 11) is 0. The van der Waals surface area contributed by atoms with Crippen LogP contribution in [-0.2, 0) is 6.42 Å². The van der Waals surface area contributed by atoms with Crippen molar-refractivity contribution in [3.05, 3.63) is 29.3 Å². The van der Waals surface area contributed by atoms with E-state index < -0.39 is 0 Å². The zero-order chi connectivity index (χ0) is 15.0. The van der Waals surface area contributed by atoms with Crippen molar-refractivity contribution in [3.8, 4) is 5.75 Å². The lowest BCUT2D eigenvalue weighted by Gasteiger charge is -2.38. The highest BCUT2D eigenvalue weighted by Gasteiger charge is 2.32. The van der Waals surface area contributed by atoms with Gasteiger partial charge in [-0.3, -0.25) is 0 Å². The number of aromatic hydroxyl groups is 1. The minimum Gasteiger partial charge on any atom is -0.508 e. The number of carbonyl (C=O) groups excluding carboxylic acids is 1. The van der Waals surface area contributed by atoms with Gasteiger partial charge in [0.15, 0.2) is 0 Å². The molecule has 5 heteroatoms. The summed E-state index contributed by atoms with van der Waals surface area (Å²) in [4.78, 5) is 14.4. The number of rotatable bonds is 1. The molecule has 0 radical (unpaired) electrons. The third-order valence-corrected chi connectivity index (χ3v) is 5.55. The molecular formula is C16H22N2O2S. The molecule has 0 aromatic heterocycles. The molecule has 1 heterocycles. The van der Waals surface area contributed by atoms with Gasteiger partial charge in [-0.15, -0.1) is 0 Å². The standard InChI is InChI=1S/C16H22N2O2S/c1-16(2)10-18(8-9-21-16)15(20)17-13-7-6-12-11(13)4-3-5-14(12)19/h3-5,13,19H,6-10H2,1-2H3,(H,17,20)/t13-/m0/s1. The zero-order valence-corrected chi connectivity index (χ0v) is 13.4. The van der Waals surface area contributed by atoms with Gasteiger partial charge in [0.2, 0.25) is 0 Å². The van der Waals surface area contributed by atoms with Crippen LogP contribution in [0.3, 0.4) is 0 Å². The van der Waals surface area contributed by atoms with Gasteiger partial charge in [0.05, 0.1) is 6.04 Å². The van der Waals surface area contributed by atoms with E-state index >= 15 is 0 Å². The second-order valence-electron chi connectivity index (χ2n) is 6.42. The van der Waals surface area contributed by atoms with Crippen molar-refractivity contribution in [2.75, 3.05) is 18.8 Å². The summed E-state index contributed by atoms with van der Waals surface area (Å²) in [6.45, 7) is 5.95. The zero-order valence-electron chi connectivity index (χ0n) is 12.6. The molecule has 0 saturated carbocycles. The number of amides is 2. The highest BCUT2D eigenvalue weighted by molar-refractivity contribution is 8.00. The summed E-state index contributed by atoms with van der Waals surface area (Å²) in [6, 6.07) is 5.61. The van der Waals surface area contributed by atoms with E-state index in [1.165, 1.54) is 0 Å². The van der Waals surface area contributed by atoms with Crippen LogP contribution in [0.5, 0.6) is 5.75 Å². The molecule has 1 aromatic carbocycles. The summed E-state index contributed by atoms with van der Waals surface area (Å²) < 4.78 is 0.126. The number of urea groups is 1. The molecule has 114 valence electrons. The molecule has 0 spiro atoms. The number of hydrogen-bond donors (Lipinski definition) is 2. The van der Waals surface area contributed by atoms with E-state index in [0.717, 1.165) is 42.8 Å². The number of carbonyl (C=O) groups is 1. The molecule has 21 heavy (non-hydrogen) atoms. The number of phenols is 1. The Balaban J connectivity index is 1.68. The Morgan fingerprint density at radius 3 is 3.05 bits per heavy atom. The lowest BCUT2D eigenvalue weighted by molar-refractivity contribution is 0.190. The Morgan fingerprint density at radius 2 is 2.29 bits per heavy atom. The monoisotopic (exact) mass is 306 g/mol. The molecular weight excluding hydrogens is 284 g/mol. The number of phenolic OH excluding ortho intramolecular Hbond substituents is 1. The normalized spacial score (nSPS) is 23.7. The van der Waals surface area contributed by atoms with E-state index in [1.807, 2.05) is 28.8 Å². The molecule has 2 amide bonds. The van der Waals surface area contributed by atoms with E-state index in [2.05, 4.69) is 19.2 Å². The van der Waals surface area contributed by atoms with Crippen LogP contribution in [0.15, 0.2) is 18.2 Å². The topological polar surface area (TPSA) is 52.6 Å². The lowest BCUT2D eigenvalue weighted by Crippen LogP contribution is -2.50. The number of hydrogen-bond acceptors (Lipinski definition) is 3. The van der Waals surface area contributed by atoms with Crippen LogP contribution in [0, 0.1) is 0 Å². The number of nitrogens with one attached hydrogen (secondary N) is 1. The van der Waals surface area contributed by atoms with Crippen LogP contribution in [-0.4, -0.2) is 39.6 Å². The Kier molecular flexibility index (Phi) is 3.78. The summed E-state index contributed by atoms with van der Waals surface area (Å²) in [6.07, 6.45) is 1.69. The van der Waals surface area contributed by atoms with E-state index in [-0.39, 0.29) is 16.8 Å². The van der Waals surface area contributed by atoms with Gasteiger partial charge in [-0.2, -0.15) is 11.8 Å². The third kappa shape index (κ3) is 2.98. The fraction of sp³-hybridized carbons (Fsp3) is 0.562. The minimum atomic E-state index is 0.0181. The second-order valence-corrected chi connectivity index (χ2v) is 8.22. The third-order valence-electron chi connectivity index (χ3n) is 4.26. The first-order chi connectivity index (χ1) is 9.96. The maximum Gasteiger partial charge on any atom is 0.317 e. The Morgan fingerprint density at radius 1 is 1.48 bits per heavy atom. The Bertz CT molecular complexity index is 559. The molecule has 0 bridgehead atoms. The molecule has 1 aromatic rings. The van der Waals surface area contributed by atoms with Crippen LogP contribution >= 0.6 is 11.8 Å². The van der Waals surface area contributed by atoms with Crippen molar-refractivity contribution >= 4 is 17.8 Å². The van der Waals surface area contributed by atoms with E-state index in [1.54, 1.807) is 6.07 Å². The maximum atomic E-state index is 12.5. The summed E-state index contributed by atoms with van der Waals surface area (Å²) in [5, 5.41) is 13.0. The van der Waals surface area contributed by atoms with Crippen LogP contribution in [0.1, 0.15) is 37.4 Å². The molecule has 2 N–H and O–H groups in total. The van der Waals surface area contributed by atoms with Crippen LogP contribution < -0.4 is 5.32 Å². The number of nitrogens with zero attached hydrogens (tertiary/aromatic N) is 1. The van der Waals surface area contributed by atoms with Gasteiger partial charge < -0.3 is 15.3 Å². The van der Waals surface area contributed by atoms with Crippen molar-refractivity contribution in [2.45, 2.75) is 37.5 Å². The molecule has 1 fully saturated rings. The molecule has 0 unspecified atom stereocenters. The SMILES string of the molecule is CC1(C)CN(C(=O)N[C@H]2CCc3c(O)cccc32)CCS1. The smallest absolute Gasteiger partial charge is 0.317 e. The lowest BCUT2D eigenvalue weighted by atomic mass is 10.1. The van der Waals surface area contributed by atoms with Crippen molar-refractivity contribution in [3.63, 3.8) is 0 Å². The second kappa shape index (κ2) is 5.44. The summed E-state index contributed by atoms with van der Waals surface area (Å²) in [5.74, 6) is 1.34. The number of fused-ring (bicyclic) bond motifs is 1. The highest BCUT2D eigenvalue weighted by Crippen LogP contribution is 2.36. The quantitative estimate of drug-likeness (QED) is 0.839. The summed E-state index contributed by atoms with van der Waals surface area (Å²) >= 11 is 1.92. The molecule has 1 aliphatic carbocycles. The van der Waals surface area contributed by atoms with Gasteiger partial charge in [-0.25, -0.2) is 4.79 Å². The average molecular weight is 306 g/mol. The predicted molar refractivity (Wildman–Crippen MR) is 85.8 cm³/mol. The fourth-order valence-corrected chi connectivity index (χ4v) is 4.33. The Labute approximate surface area is 129 Å². The molecule has 2 aliphatic rings. The maximum absolute atomic E-state index is 12.5. The largest absolute Gasteiger partial charge is 0.508 e. The first-order valence-corrected chi connectivity index (χ1v) is 8.45. The molecule has 1 saturated heterocycles. The summed E-state index contributed by atoms with van der Waals surface area (Å²) in [5.41, 5.74) is 2.05. The average Bonchev–Trinajstić information content (AvgIpc) is 2.82. The fourth-order valence-electron chi connectivity index (χ4n) is 3.22. The van der Waals surface area contributed by atoms with Gasteiger partial charge >= 0.3 is 6.03 Å².